The number of hydrogen-bond acceptors (Lipinski definition) is 3. The van der Waals surface area contributed by atoms with Crippen LogP contribution in [0.4, 0.5) is 0 Å². The molecular weight excluding hydrogens is 274 g/mol. The molecule has 5 nitrogen and oxygen atoms in total. The summed E-state index contributed by atoms with van der Waals surface area (Å²) in [7, 11) is -3.49. The molecule has 20 heavy (non-hydrogen) atoms. The minimum Gasteiger partial charge on any atom is -0.329 e. The fraction of sp³-hybridized carbons (Fsp3) is 0.571. The Labute approximate surface area is 121 Å². The van der Waals surface area contributed by atoms with Crippen molar-refractivity contribution in [1.82, 2.24) is 9.03 Å². The lowest BCUT2D eigenvalue weighted by Gasteiger charge is -2.34. The van der Waals surface area contributed by atoms with Gasteiger partial charge in [-0.3, -0.25) is 0 Å². The van der Waals surface area contributed by atoms with Crippen LogP contribution < -0.4 is 10.5 Å². The van der Waals surface area contributed by atoms with Gasteiger partial charge < -0.3 is 5.73 Å². The van der Waals surface area contributed by atoms with Crippen molar-refractivity contribution in [2.24, 2.45) is 5.73 Å². The molecule has 0 spiro atoms. The molecule has 1 aromatic rings. The van der Waals surface area contributed by atoms with Gasteiger partial charge in [-0.15, -0.1) is 0 Å². The molecule has 0 saturated carbocycles. The first-order chi connectivity index (χ1) is 9.54. The Morgan fingerprint density at radius 2 is 2.05 bits per heavy atom. The van der Waals surface area contributed by atoms with E-state index in [1.54, 1.807) is 0 Å². The van der Waals surface area contributed by atoms with Crippen molar-refractivity contribution in [3.05, 3.63) is 35.9 Å². The van der Waals surface area contributed by atoms with Crippen LogP contribution in [0.2, 0.25) is 0 Å². The maximum Gasteiger partial charge on any atom is 0.280 e. The highest BCUT2D eigenvalue weighted by Crippen LogP contribution is 2.21. The quantitative estimate of drug-likeness (QED) is 0.862. The number of rotatable bonds is 5. The number of nitrogens with two attached hydrogens (primary N) is 1. The molecule has 0 amide bonds. The Morgan fingerprint density at radius 3 is 2.70 bits per heavy atom. The van der Waals surface area contributed by atoms with E-state index in [1.165, 1.54) is 4.31 Å². The van der Waals surface area contributed by atoms with Gasteiger partial charge in [-0.2, -0.15) is 17.4 Å². The highest BCUT2D eigenvalue weighted by Gasteiger charge is 2.32. The largest absolute Gasteiger partial charge is 0.329 e. The second-order valence-corrected chi connectivity index (χ2v) is 6.91. The number of piperidine rings is 1. The highest BCUT2D eigenvalue weighted by molar-refractivity contribution is 7.87. The molecule has 0 aliphatic carbocycles. The third-order valence-electron chi connectivity index (χ3n) is 3.78. The van der Waals surface area contributed by atoms with Crippen molar-refractivity contribution in [3.8, 4) is 0 Å². The Kier molecular flexibility index (Phi) is 5.15. The molecule has 0 aromatic heterocycles. The standard InChI is InChI=1S/C14H23N3O2S/c1-12(13-7-3-2-4-8-13)16-20(18,19)17-10-6-5-9-14(17)11-15/h2-4,7-8,12,14,16H,5-6,9-11,15H2,1H3. The van der Waals surface area contributed by atoms with Gasteiger partial charge in [0.25, 0.3) is 10.2 Å². The Bertz CT molecular complexity index is 518. The predicted molar refractivity (Wildman–Crippen MR) is 80.3 cm³/mol. The highest BCUT2D eigenvalue weighted by atomic mass is 32.2. The summed E-state index contributed by atoms with van der Waals surface area (Å²) in [5.74, 6) is 0. The van der Waals surface area contributed by atoms with Gasteiger partial charge in [-0.25, -0.2) is 0 Å². The van der Waals surface area contributed by atoms with Crippen LogP contribution >= 0.6 is 0 Å². The lowest BCUT2D eigenvalue weighted by molar-refractivity contribution is 0.253. The molecule has 1 aliphatic rings. The van der Waals surface area contributed by atoms with E-state index in [9.17, 15) is 8.42 Å². The summed E-state index contributed by atoms with van der Waals surface area (Å²) in [4.78, 5) is 0. The number of nitrogens with one attached hydrogen (secondary N) is 1. The fourth-order valence-electron chi connectivity index (χ4n) is 2.63. The van der Waals surface area contributed by atoms with Gasteiger partial charge in [0.05, 0.1) is 0 Å². The van der Waals surface area contributed by atoms with Crippen molar-refractivity contribution >= 4 is 10.2 Å². The molecule has 1 saturated heterocycles. The summed E-state index contributed by atoms with van der Waals surface area (Å²) in [6, 6.07) is 9.24. The van der Waals surface area contributed by atoms with Crippen LogP contribution in [-0.4, -0.2) is 31.9 Å². The van der Waals surface area contributed by atoms with Gasteiger partial charge in [-0.05, 0) is 25.3 Å². The van der Waals surface area contributed by atoms with Crippen LogP contribution in [0.25, 0.3) is 0 Å². The second-order valence-electron chi connectivity index (χ2n) is 5.25. The summed E-state index contributed by atoms with van der Waals surface area (Å²) in [5, 5.41) is 0. The molecule has 0 radical (unpaired) electrons. The Balaban J connectivity index is 2.10. The van der Waals surface area contributed by atoms with E-state index in [0.717, 1.165) is 24.8 Å². The van der Waals surface area contributed by atoms with Gasteiger partial charge in [0.2, 0.25) is 0 Å². The molecule has 6 heteroatoms. The summed E-state index contributed by atoms with van der Waals surface area (Å²) in [6.45, 7) is 2.79. The van der Waals surface area contributed by atoms with E-state index in [4.69, 9.17) is 5.73 Å². The minimum atomic E-state index is -3.49. The molecule has 1 aliphatic heterocycles. The van der Waals surface area contributed by atoms with Crippen molar-refractivity contribution in [2.75, 3.05) is 13.1 Å². The van der Waals surface area contributed by atoms with E-state index in [-0.39, 0.29) is 12.1 Å². The first kappa shape index (κ1) is 15.4. The van der Waals surface area contributed by atoms with Crippen LogP contribution in [0.3, 0.4) is 0 Å². The van der Waals surface area contributed by atoms with Crippen molar-refractivity contribution in [2.45, 2.75) is 38.3 Å². The maximum atomic E-state index is 12.5. The Hall–Kier alpha value is -0.950. The van der Waals surface area contributed by atoms with Crippen LogP contribution in [0, 0.1) is 0 Å². The average molecular weight is 297 g/mol. The van der Waals surface area contributed by atoms with Crippen LogP contribution in [0.1, 0.15) is 37.8 Å². The molecule has 2 rings (SSSR count). The fourth-order valence-corrected chi connectivity index (χ4v) is 4.30. The average Bonchev–Trinajstić information content (AvgIpc) is 2.47. The topological polar surface area (TPSA) is 75.4 Å². The summed E-state index contributed by atoms with van der Waals surface area (Å²) < 4.78 is 29.3. The van der Waals surface area contributed by atoms with Crippen LogP contribution in [0.5, 0.6) is 0 Å². The smallest absolute Gasteiger partial charge is 0.280 e. The first-order valence-electron chi connectivity index (χ1n) is 7.08. The molecule has 2 unspecified atom stereocenters. The molecule has 1 fully saturated rings. The Morgan fingerprint density at radius 1 is 1.35 bits per heavy atom. The zero-order valence-electron chi connectivity index (χ0n) is 11.8. The number of hydrogen-bond donors (Lipinski definition) is 2. The van der Waals surface area contributed by atoms with E-state index in [0.29, 0.717) is 13.1 Å². The number of benzene rings is 1. The number of nitrogens with zero attached hydrogens (tertiary/aromatic N) is 1. The zero-order valence-corrected chi connectivity index (χ0v) is 12.6. The van der Waals surface area contributed by atoms with E-state index in [1.807, 2.05) is 37.3 Å². The zero-order chi connectivity index (χ0) is 14.6. The normalized spacial score (nSPS) is 22.6. The van der Waals surface area contributed by atoms with E-state index in [2.05, 4.69) is 4.72 Å². The van der Waals surface area contributed by atoms with Crippen LogP contribution in [-0.2, 0) is 10.2 Å². The summed E-state index contributed by atoms with van der Waals surface area (Å²) in [6.07, 6.45) is 2.79. The minimum absolute atomic E-state index is 0.0794. The van der Waals surface area contributed by atoms with Gasteiger partial charge in [0, 0.05) is 25.2 Å². The SMILES string of the molecule is CC(NS(=O)(=O)N1CCCCC1CN)c1ccccc1. The third kappa shape index (κ3) is 3.58. The van der Waals surface area contributed by atoms with Crippen molar-refractivity contribution in [1.29, 1.82) is 0 Å². The van der Waals surface area contributed by atoms with Crippen molar-refractivity contribution in [3.63, 3.8) is 0 Å². The molecular formula is C14H23N3O2S. The monoisotopic (exact) mass is 297 g/mol. The second kappa shape index (κ2) is 6.67. The molecule has 1 heterocycles. The predicted octanol–water partition coefficient (Wildman–Crippen LogP) is 1.40. The van der Waals surface area contributed by atoms with Gasteiger partial charge in [0.1, 0.15) is 0 Å². The molecule has 1 aromatic carbocycles. The summed E-state index contributed by atoms with van der Waals surface area (Å²) in [5.41, 5.74) is 6.65. The van der Waals surface area contributed by atoms with Gasteiger partial charge in [-0.1, -0.05) is 36.8 Å². The van der Waals surface area contributed by atoms with Crippen LogP contribution in [0.15, 0.2) is 30.3 Å². The summed E-state index contributed by atoms with van der Waals surface area (Å²) >= 11 is 0. The lowest BCUT2D eigenvalue weighted by Crippen LogP contribution is -2.52. The van der Waals surface area contributed by atoms with Crippen molar-refractivity contribution < 1.29 is 8.42 Å². The van der Waals surface area contributed by atoms with E-state index >= 15 is 0 Å². The molecule has 2 atom stereocenters. The van der Waals surface area contributed by atoms with E-state index < -0.39 is 10.2 Å². The maximum absolute atomic E-state index is 12.5. The molecule has 0 bridgehead atoms. The molecule has 3 N–H and O–H groups in total. The first-order valence-corrected chi connectivity index (χ1v) is 8.52. The third-order valence-corrected chi connectivity index (χ3v) is 5.53. The lowest BCUT2D eigenvalue weighted by atomic mass is 10.1. The van der Waals surface area contributed by atoms with Gasteiger partial charge >= 0.3 is 0 Å². The molecule has 112 valence electrons. The van der Waals surface area contributed by atoms with Gasteiger partial charge in [0.15, 0.2) is 0 Å².